The van der Waals surface area contributed by atoms with Crippen LogP contribution in [0.15, 0.2) is 11.2 Å². The monoisotopic (exact) mass is 256 g/mol. The maximum absolute atomic E-state index is 11.1. The summed E-state index contributed by atoms with van der Waals surface area (Å²) < 4.78 is 24.6. The van der Waals surface area contributed by atoms with E-state index in [1.165, 1.54) is 6.07 Å². The minimum absolute atomic E-state index is 0.0123. The summed E-state index contributed by atoms with van der Waals surface area (Å²) in [5.74, 6) is -0.153. The van der Waals surface area contributed by atoms with Gasteiger partial charge in [0, 0.05) is 4.91 Å². The summed E-state index contributed by atoms with van der Waals surface area (Å²) in [4.78, 5) is 2.56. The van der Waals surface area contributed by atoms with E-state index in [0.29, 0.717) is 11.1 Å². The molecule has 0 fully saturated rings. The molecule has 0 unspecified atom stereocenters. The molecule has 0 aliphatic heterocycles. The standard InChI is InChI=1S/C9H12N4O3S/c1-5-6(2)9(14)8(11-13-10)4-7(5)12-17(3,15)16/h4,12,14H,1-3H3. The molecule has 0 amide bonds. The van der Waals surface area contributed by atoms with Crippen LogP contribution in [0.4, 0.5) is 11.4 Å². The molecule has 0 saturated heterocycles. The first-order valence-electron chi connectivity index (χ1n) is 4.62. The molecule has 0 saturated carbocycles. The molecule has 0 spiro atoms. The van der Waals surface area contributed by atoms with E-state index in [0.717, 1.165) is 6.26 Å². The zero-order chi connectivity index (χ0) is 13.2. The molecular weight excluding hydrogens is 244 g/mol. The molecular formula is C9H12N4O3S. The highest BCUT2D eigenvalue weighted by Crippen LogP contribution is 2.37. The number of nitrogens with one attached hydrogen (secondary N) is 1. The first-order valence-corrected chi connectivity index (χ1v) is 6.51. The molecule has 8 heteroatoms. The minimum Gasteiger partial charge on any atom is -0.507 e. The van der Waals surface area contributed by atoms with Gasteiger partial charge < -0.3 is 5.11 Å². The Morgan fingerprint density at radius 2 is 2.00 bits per heavy atom. The number of hydrogen-bond acceptors (Lipinski definition) is 4. The molecule has 0 bridgehead atoms. The third-order valence-electron chi connectivity index (χ3n) is 2.29. The number of aromatic hydroxyl groups is 1. The Hall–Kier alpha value is -1.92. The number of hydrogen-bond donors (Lipinski definition) is 2. The summed E-state index contributed by atoms with van der Waals surface area (Å²) in [6.07, 6.45) is 1.02. The molecule has 0 atom stereocenters. The molecule has 0 aromatic heterocycles. The smallest absolute Gasteiger partial charge is 0.229 e. The van der Waals surface area contributed by atoms with Crippen molar-refractivity contribution in [3.8, 4) is 5.75 Å². The number of azide groups is 1. The van der Waals surface area contributed by atoms with Crippen LogP contribution in [0.1, 0.15) is 11.1 Å². The average molecular weight is 256 g/mol. The predicted molar refractivity (Wildman–Crippen MR) is 64.9 cm³/mol. The zero-order valence-corrected chi connectivity index (χ0v) is 10.4. The fourth-order valence-corrected chi connectivity index (χ4v) is 1.93. The average Bonchev–Trinajstić information content (AvgIpc) is 2.20. The quantitative estimate of drug-likeness (QED) is 0.374. The molecule has 0 aliphatic rings. The summed E-state index contributed by atoms with van der Waals surface area (Å²) in [6, 6.07) is 1.29. The van der Waals surface area contributed by atoms with Gasteiger partial charge in [0.2, 0.25) is 10.0 Å². The van der Waals surface area contributed by atoms with Gasteiger partial charge in [0.25, 0.3) is 0 Å². The van der Waals surface area contributed by atoms with E-state index >= 15 is 0 Å². The largest absolute Gasteiger partial charge is 0.507 e. The van der Waals surface area contributed by atoms with Crippen molar-refractivity contribution in [3.05, 3.63) is 27.6 Å². The second kappa shape index (κ2) is 4.52. The Kier molecular flexibility index (Phi) is 3.50. The minimum atomic E-state index is -3.43. The van der Waals surface area contributed by atoms with E-state index < -0.39 is 10.0 Å². The van der Waals surface area contributed by atoms with E-state index in [4.69, 9.17) is 5.53 Å². The van der Waals surface area contributed by atoms with Gasteiger partial charge in [0.05, 0.1) is 17.6 Å². The molecule has 1 aromatic carbocycles. The van der Waals surface area contributed by atoms with Crippen molar-refractivity contribution in [3.63, 3.8) is 0 Å². The molecule has 7 nitrogen and oxygen atoms in total. The summed E-state index contributed by atoms with van der Waals surface area (Å²) >= 11 is 0. The number of rotatable bonds is 3. The number of anilines is 1. The van der Waals surface area contributed by atoms with Crippen LogP contribution in [0.5, 0.6) is 5.75 Å². The zero-order valence-electron chi connectivity index (χ0n) is 9.59. The predicted octanol–water partition coefficient (Wildman–Crippen LogP) is 2.32. The van der Waals surface area contributed by atoms with Crippen LogP contribution >= 0.6 is 0 Å². The van der Waals surface area contributed by atoms with E-state index in [1.54, 1.807) is 13.8 Å². The highest BCUT2D eigenvalue weighted by Gasteiger charge is 2.13. The first-order chi connectivity index (χ1) is 7.76. The highest BCUT2D eigenvalue weighted by atomic mass is 32.2. The van der Waals surface area contributed by atoms with Crippen LogP contribution in [-0.4, -0.2) is 19.8 Å². The second-order valence-electron chi connectivity index (χ2n) is 3.61. The van der Waals surface area contributed by atoms with Crippen LogP contribution < -0.4 is 4.72 Å². The van der Waals surface area contributed by atoms with Crippen molar-refractivity contribution in [1.82, 2.24) is 0 Å². The van der Waals surface area contributed by atoms with Crippen LogP contribution in [0, 0.1) is 13.8 Å². The highest BCUT2D eigenvalue weighted by molar-refractivity contribution is 7.92. The van der Waals surface area contributed by atoms with Gasteiger partial charge in [-0.2, -0.15) is 0 Å². The topological polar surface area (TPSA) is 115 Å². The van der Waals surface area contributed by atoms with E-state index in [1.807, 2.05) is 0 Å². The van der Waals surface area contributed by atoms with Crippen LogP contribution in [0.2, 0.25) is 0 Å². The lowest BCUT2D eigenvalue weighted by molar-refractivity contribution is 0.472. The fraction of sp³-hybridized carbons (Fsp3) is 0.333. The number of phenolic OH excluding ortho intramolecular Hbond substituents is 1. The molecule has 0 heterocycles. The van der Waals surface area contributed by atoms with Gasteiger partial charge in [-0.1, -0.05) is 5.11 Å². The Labute approximate surface area is 98.8 Å². The number of nitrogens with zero attached hydrogens (tertiary/aromatic N) is 3. The number of sulfonamides is 1. The van der Waals surface area contributed by atoms with Crippen molar-refractivity contribution >= 4 is 21.4 Å². The van der Waals surface area contributed by atoms with Gasteiger partial charge >= 0.3 is 0 Å². The summed E-state index contributed by atoms with van der Waals surface area (Å²) in [5, 5.41) is 13.0. The van der Waals surface area contributed by atoms with Gasteiger partial charge in [-0.3, -0.25) is 4.72 Å². The Morgan fingerprint density at radius 3 is 2.47 bits per heavy atom. The van der Waals surface area contributed by atoms with Gasteiger partial charge in [0.1, 0.15) is 5.75 Å². The van der Waals surface area contributed by atoms with E-state index in [2.05, 4.69) is 14.7 Å². The van der Waals surface area contributed by atoms with Crippen molar-refractivity contribution in [2.24, 2.45) is 5.11 Å². The Balaban J connectivity index is 3.47. The maximum Gasteiger partial charge on any atom is 0.229 e. The summed E-state index contributed by atoms with van der Waals surface area (Å²) in [5.41, 5.74) is 9.64. The van der Waals surface area contributed by atoms with Crippen LogP contribution in [-0.2, 0) is 10.0 Å². The van der Waals surface area contributed by atoms with Gasteiger partial charge in [-0.15, -0.1) is 0 Å². The lowest BCUT2D eigenvalue weighted by atomic mass is 10.1. The summed E-state index contributed by atoms with van der Waals surface area (Å²) in [6.45, 7) is 3.26. The second-order valence-corrected chi connectivity index (χ2v) is 5.35. The van der Waals surface area contributed by atoms with Crippen molar-refractivity contribution in [2.45, 2.75) is 13.8 Å². The Morgan fingerprint density at radius 1 is 1.41 bits per heavy atom. The molecule has 0 aliphatic carbocycles. The Bertz CT molecular complexity index is 603. The van der Waals surface area contributed by atoms with Crippen molar-refractivity contribution in [2.75, 3.05) is 11.0 Å². The molecule has 0 radical (unpaired) electrons. The molecule has 1 rings (SSSR count). The third kappa shape index (κ3) is 3.02. The van der Waals surface area contributed by atoms with Gasteiger partial charge in [-0.05, 0) is 36.6 Å². The molecule has 17 heavy (non-hydrogen) atoms. The molecule has 2 N–H and O–H groups in total. The summed E-state index contributed by atoms with van der Waals surface area (Å²) in [7, 11) is -3.43. The van der Waals surface area contributed by atoms with Gasteiger partial charge in [-0.25, -0.2) is 8.42 Å². The van der Waals surface area contributed by atoms with Crippen molar-refractivity contribution in [1.29, 1.82) is 0 Å². The molecule has 92 valence electrons. The van der Waals surface area contributed by atoms with E-state index in [-0.39, 0.29) is 17.1 Å². The third-order valence-corrected chi connectivity index (χ3v) is 2.88. The van der Waals surface area contributed by atoms with E-state index in [9.17, 15) is 13.5 Å². The van der Waals surface area contributed by atoms with Crippen LogP contribution in [0.25, 0.3) is 10.4 Å². The maximum atomic E-state index is 11.1. The van der Waals surface area contributed by atoms with Crippen LogP contribution in [0.3, 0.4) is 0 Å². The SMILES string of the molecule is Cc1c(NS(C)(=O)=O)cc(N=[N+]=[N-])c(O)c1C. The fourth-order valence-electron chi connectivity index (χ4n) is 1.32. The number of benzene rings is 1. The lowest BCUT2D eigenvalue weighted by Crippen LogP contribution is -2.11. The first kappa shape index (κ1) is 13.1. The van der Waals surface area contributed by atoms with Crippen molar-refractivity contribution < 1.29 is 13.5 Å². The molecule has 1 aromatic rings. The number of phenols is 1. The normalized spacial score (nSPS) is 10.8. The lowest BCUT2D eigenvalue weighted by Gasteiger charge is -2.13. The van der Waals surface area contributed by atoms with Gasteiger partial charge in [0.15, 0.2) is 0 Å².